The molecule has 1 aromatic heterocycles. The Morgan fingerprint density at radius 3 is 2.48 bits per heavy atom. The molecule has 0 aliphatic heterocycles. The zero-order valence-electron chi connectivity index (χ0n) is 11.2. The molecule has 0 aliphatic carbocycles. The Kier molecular flexibility index (Phi) is 4.67. The number of aromatic nitrogens is 1. The van der Waals surface area contributed by atoms with Gasteiger partial charge in [-0.1, -0.05) is 30.3 Å². The Hall–Kier alpha value is -1.82. The van der Waals surface area contributed by atoms with Crippen LogP contribution < -0.4 is 5.32 Å². The van der Waals surface area contributed by atoms with Crippen LogP contribution in [0.25, 0.3) is 0 Å². The minimum Gasteiger partial charge on any atom is -0.342 e. The van der Waals surface area contributed by atoms with Crippen molar-refractivity contribution >= 4 is 21.8 Å². The van der Waals surface area contributed by atoms with E-state index < -0.39 is 17.9 Å². The van der Waals surface area contributed by atoms with Gasteiger partial charge in [0.25, 0.3) is 5.91 Å². The maximum atomic E-state index is 14.0. The number of benzene rings is 1. The van der Waals surface area contributed by atoms with E-state index in [4.69, 9.17) is 0 Å². The molecule has 0 fully saturated rings. The molecule has 0 aliphatic rings. The van der Waals surface area contributed by atoms with Crippen LogP contribution in [0, 0.1) is 0 Å². The summed E-state index contributed by atoms with van der Waals surface area (Å²) >= 11 is 3.24. The molecular weight excluding hydrogens is 342 g/mol. The van der Waals surface area contributed by atoms with E-state index in [-0.39, 0.29) is 5.56 Å². The molecule has 21 heavy (non-hydrogen) atoms. The molecule has 6 heteroatoms. The zero-order chi connectivity index (χ0) is 15.5. The molecule has 0 unspecified atom stereocenters. The highest BCUT2D eigenvalue weighted by molar-refractivity contribution is 9.10. The van der Waals surface area contributed by atoms with Gasteiger partial charge in [0.1, 0.15) is 0 Å². The summed E-state index contributed by atoms with van der Waals surface area (Å²) in [7, 11) is 0. The molecule has 0 saturated heterocycles. The summed E-state index contributed by atoms with van der Waals surface area (Å²) in [5.74, 6) is -4.92. The highest BCUT2D eigenvalue weighted by Gasteiger charge is 2.41. The van der Waals surface area contributed by atoms with Crippen LogP contribution in [-0.2, 0) is 10.7 Å². The Morgan fingerprint density at radius 1 is 1.24 bits per heavy atom. The van der Waals surface area contributed by atoms with Crippen molar-refractivity contribution in [1.82, 2.24) is 10.3 Å². The minimum atomic E-state index is -3.58. The van der Waals surface area contributed by atoms with E-state index in [1.165, 1.54) is 24.3 Å². The molecule has 1 heterocycles. The van der Waals surface area contributed by atoms with Crippen molar-refractivity contribution < 1.29 is 13.6 Å². The number of alkyl halides is 2. The van der Waals surface area contributed by atoms with E-state index in [0.717, 1.165) is 4.47 Å². The molecule has 110 valence electrons. The van der Waals surface area contributed by atoms with Crippen LogP contribution >= 0.6 is 15.9 Å². The summed E-state index contributed by atoms with van der Waals surface area (Å²) < 4.78 is 28.9. The summed E-state index contributed by atoms with van der Waals surface area (Å²) in [6, 6.07) is 9.79. The number of hydrogen-bond donors (Lipinski definition) is 1. The highest BCUT2D eigenvalue weighted by atomic mass is 79.9. The number of amides is 1. The van der Waals surface area contributed by atoms with Crippen molar-refractivity contribution in [2.24, 2.45) is 0 Å². The van der Waals surface area contributed by atoms with E-state index in [1.807, 2.05) is 0 Å². The molecule has 1 N–H and O–H groups in total. The average molecular weight is 355 g/mol. The Balaban J connectivity index is 2.12. The van der Waals surface area contributed by atoms with Gasteiger partial charge < -0.3 is 5.32 Å². The number of pyridine rings is 1. The maximum Gasteiger partial charge on any atom is 0.349 e. The lowest BCUT2D eigenvalue weighted by Gasteiger charge is -2.19. The summed E-state index contributed by atoms with van der Waals surface area (Å²) in [4.78, 5) is 15.9. The van der Waals surface area contributed by atoms with Gasteiger partial charge in [0.2, 0.25) is 0 Å². The topological polar surface area (TPSA) is 42.0 Å². The second-order valence-electron chi connectivity index (χ2n) is 4.54. The van der Waals surface area contributed by atoms with Gasteiger partial charge in [-0.25, -0.2) is 0 Å². The van der Waals surface area contributed by atoms with Gasteiger partial charge in [0.15, 0.2) is 0 Å². The number of halogens is 3. The number of hydrogen-bond acceptors (Lipinski definition) is 2. The van der Waals surface area contributed by atoms with Crippen molar-refractivity contribution in [3.05, 3.63) is 64.4 Å². The highest BCUT2D eigenvalue weighted by Crippen LogP contribution is 2.28. The van der Waals surface area contributed by atoms with Crippen molar-refractivity contribution in [2.75, 3.05) is 0 Å². The lowest BCUT2D eigenvalue weighted by Crippen LogP contribution is -2.39. The molecule has 1 aromatic carbocycles. The maximum absolute atomic E-state index is 14.0. The van der Waals surface area contributed by atoms with Gasteiger partial charge in [-0.05, 0) is 35.0 Å². The quantitative estimate of drug-likeness (QED) is 0.906. The SMILES string of the molecule is C[C@@H](NC(=O)C(F)(F)c1ccccc1)c1ccc(Br)cn1. The summed E-state index contributed by atoms with van der Waals surface area (Å²) in [5, 5.41) is 2.29. The van der Waals surface area contributed by atoms with E-state index in [0.29, 0.717) is 5.69 Å². The van der Waals surface area contributed by atoms with E-state index in [9.17, 15) is 13.6 Å². The predicted octanol–water partition coefficient (Wildman–Crippen LogP) is 3.81. The van der Waals surface area contributed by atoms with Crippen molar-refractivity contribution in [3.8, 4) is 0 Å². The molecule has 2 rings (SSSR count). The molecule has 0 radical (unpaired) electrons. The van der Waals surface area contributed by atoms with Crippen LogP contribution in [0.4, 0.5) is 8.78 Å². The molecule has 1 amide bonds. The van der Waals surface area contributed by atoms with E-state index in [1.54, 1.807) is 31.3 Å². The third kappa shape index (κ3) is 3.64. The molecule has 3 nitrogen and oxygen atoms in total. The normalized spacial score (nSPS) is 12.8. The van der Waals surface area contributed by atoms with Gasteiger partial charge in [0.05, 0.1) is 11.7 Å². The van der Waals surface area contributed by atoms with Gasteiger partial charge in [0, 0.05) is 16.2 Å². The molecule has 1 atom stereocenters. The fourth-order valence-electron chi connectivity index (χ4n) is 1.78. The lowest BCUT2D eigenvalue weighted by molar-refractivity contribution is -0.147. The number of rotatable bonds is 4. The van der Waals surface area contributed by atoms with Crippen LogP contribution in [0.15, 0.2) is 53.1 Å². The molecular formula is C15H13BrF2N2O. The monoisotopic (exact) mass is 354 g/mol. The van der Waals surface area contributed by atoms with E-state index in [2.05, 4.69) is 26.2 Å². The molecule has 2 aromatic rings. The Bertz CT molecular complexity index is 617. The van der Waals surface area contributed by atoms with Crippen molar-refractivity contribution in [2.45, 2.75) is 18.9 Å². The third-order valence-corrected chi connectivity index (χ3v) is 3.43. The largest absolute Gasteiger partial charge is 0.349 e. The number of carbonyl (C=O) groups is 1. The third-order valence-electron chi connectivity index (χ3n) is 2.96. The van der Waals surface area contributed by atoms with Crippen molar-refractivity contribution in [1.29, 1.82) is 0 Å². The van der Waals surface area contributed by atoms with Gasteiger partial charge in [-0.3, -0.25) is 9.78 Å². The van der Waals surface area contributed by atoms with Gasteiger partial charge >= 0.3 is 5.92 Å². The molecule has 0 spiro atoms. The second kappa shape index (κ2) is 6.30. The van der Waals surface area contributed by atoms with Crippen LogP contribution in [-0.4, -0.2) is 10.9 Å². The first-order valence-electron chi connectivity index (χ1n) is 6.27. The van der Waals surface area contributed by atoms with Gasteiger partial charge in [-0.2, -0.15) is 8.78 Å². The first-order chi connectivity index (χ1) is 9.91. The summed E-state index contributed by atoms with van der Waals surface area (Å²) in [6.45, 7) is 1.61. The first kappa shape index (κ1) is 15.6. The number of nitrogens with zero attached hydrogens (tertiary/aromatic N) is 1. The Morgan fingerprint density at radius 2 is 1.90 bits per heavy atom. The van der Waals surface area contributed by atoms with Crippen molar-refractivity contribution in [3.63, 3.8) is 0 Å². The fourth-order valence-corrected chi connectivity index (χ4v) is 2.02. The van der Waals surface area contributed by atoms with Crippen LogP contribution in [0.5, 0.6) is 0 Å². The molecule has 0 saturated carbocycles. The summed E-state index contributed by atoms with van der Waals surface area (Å²) in [6.07, 6.45) is 1.55. The summed E-state index contributed by atoms with van der Waals surface area (Å²) in [5.41, 5.74) is 0.175. The first-order valence-corrected chi connectivity index (χ1v) is 7.06. The lowest BCUT2D eigenvalue weighted by atomic mass is 10.1. The number of carbonyl (C=O) groups excluding carboxylic acids is 1. The van der Waals surface area contributed by atoms with E-state index >= 15 is 0 Å². The standard InChI is InChI=1S/C15H13BrF2N2O/c1-10(13-8-7-12(16)9-19-13)20-14(21)15(17,18)11-5-3-2-4-6-11/h2-10H,1H3,(H,20,21)/t10-/m1/s1. The van der Waals surface area contributed by atoms with Crippen LogP contribution in [0.2, 0.25) is 0 Å². The second-order valence-corrected chi connectivity index (χ2v) is 5.45. The minimum absolute atomic E-state index is 0.335. The smallest absolute Gasteiger partial charge is 0.342 e. The average Bonchev–Trinajstić information content (AvgIpc) is 2.48. The Labute approximate surface area is 129 Å². The molecule has 0 bridgehead atoms. The van der Waals surface area contributed by atoms with Crippen LogP contribution in [0.1, 0.15) is 24.2 Å². The zero-order valence-corrected chi connectivity index (χ0v) is 12.8. The predicted molar refractivity (Wildman–Crippen MR) is 78.8 cm³/mol. The van der Waals surface area contributed by atoms with Gasteiger partial charge in [-0.15, -0.1) is 0 Å². The number of nitrogens with one attached hydrogen (secondary N) is 1. The fraction of sp³-hybridized carbons (Fsp3) is 0.200. The van der Waals surface area contributed by atoms with Crippen LogP contribution in [0.3, 0.4) is 0 Å².